The number of hydrogen-bond acceptors (Lipinski definition) is 4. The highest BCUT2D eigenvalue weighted by molar-refractivity contribution is 5.62. The normalized spacial score (nSPS) is 10.3. The molecule has 2 aromatic carbocycles. The van der Waals surface area contributed by atoms with Gasteiger partial charge in [0.25, 0.3) is 5.69 Å². The number of nitrogens with zero attached hydrogens (tertiary/aromatic N) is 2. The van der Waals surface area contributed by atoms with Crippen LogP contribution in [0.2, 0.25) is 0 Å². The zero-order valence-electron chi connectivity index (χ0n) is 10.9. The predicted octanol–water partition coefficient (Wildman–Crippen LogP) is 2.95. The summed E-state index contributed by atoms with van der Waals surface area (Å²) in [5.41, 5.74) is 7.30. The van der Waals surface area contributed by atoms with Crippen LogP contribution in [-0.4, -0.2) is 12.0 Å². The van der Waals surface area contributed by atoms with Gasteiger partial charge in [0, 0.05) is 37.1 Å². The first-order chi connectivity index (χ1) is 9.45. The third-order valence-electron chi connectivity index (χ3n) is 2.89. The van der Waals surface area contributed by atoms with Crippen molar-refractivity contribution in [3.05, 3.63) is 64.0 Å². The summed E-state index contributed by atoms with van der Waals surface area (Å²) < 4.78 is 13.1. The van der Waals surface area contributed by atoms with E-state index in [0.717, 1.165) is 5.56 Å². The van der Waals surface area contributed by atoms with Gasteiger partial charge in [-0.3, -0.25) is 10.1 Å². The minimum absolute atomic E-state index is 0.0638. The van der Waals surface area contributed by atoms with Gasteiger partial charge in [0.2, 0.25) is 0 Å². The second-order valence-electron chi connectivity index (χ2n) is 4.53. The van der Waals surface area contributed by atoms with E-state index in [1.807, 2.05) is 0 Å². The number of nitro groups is 1. The van der Waals surface area contributed by atoms with Crippen LogP contribution in [-0.2, 0) is 6.54 Å². The molecule has 0 saturated carbocycles. The van der Waals surface area contributed by atoms with Crippen molar-refractivity contribution in [2.45, 2.75) is 6.54 Å². The molecular weight excluding hydrogens is 261 g/mol. The fourth-order valence-electron chi connectivity index (χ4n) is 1.94. The summed E-state index contributed by atoms with van der Waals surface area (Å²) in [6, 6.07) is 10.6. The molecule has 20 heavy (non-hydrogen) atoms. The third-order valence-corrected chi connectivity index (χ3v) is 2.89. The second kappa shape index (κ2) is 5.56. The molecule has 0 fully saturated rings. The Morgan fingerprint density at radius 3 is 2.70 bits per heavy atom. The van der Waals surface area contributed by atoms with Gasteiger partial charge in [0.1, 0.15) is 5.82 Å². The Balaban J connectivity index is 2.25. The Bertz CT molecular complexity index is 646. The zero-order chi connectivity index (χ0) is 14.7. The number of benzene rings is 2. The van der Waals surface area contributed by atoms with E-state index in [1.54, 1.807) is 30.1 Å². The molecule has 0 aromatic heterocycles. The van der Waals surface area contributed by atoms with Crippen LogP contribution >= 0.6 is 0 Å². The molecule has 0 aliphatic rings. The number of halogens is 1. The summed E-state index contributed by atoms with van der Waals surface area (Å²) in [5.74, 6) is -0.311. The van der Waals surface area contributed by atoms with Crippen LogP contribution in [0.25, 0.3) is 0 Å². The molecule has 2 aromatic rings. The summed E-state index contributed by atoms with van der Waals surface area (Å²) in [6.45, 7) is 0.429. The van der Waals surface area contributed by atoms with Gasteiger partial charge in [-0.15, -0.1) is 0 Å². The molecule has 0 aliphatic heterocycles. The van der Waals surface area contributed by atoms with E-state index in [2.05, 4.69) is 0 Å². The van der Waals surface area contributed by atoms with Gasteiger partial charge in [0.15, 0.2) is 0 Å². The minimum Gasteiger partial charge on any atom is -0.398 e. The summed E-state index contributed by atoms with van der Waals surface area (Å²) in [4.78, 5) is 12.1. The van der Waals surface area contributed by atoms with Crippen LogP contribution < -0.4 is 10.6 Å². The van der Waals surface area contributed by atoms with Crippen LogP contribution in [0.4, 0.5) is 21.5 Å². The molecule has 0 atom stereocenters. The average molecular weight is 275 g/mol. The molecule has 5 nitrogen and oxygen atoms in total. The molecule has 0 spiro atoms. The van der Waals surface area contributed by atoms with Gasteiger partial charge in [-0.1, -0.05) is 12.1 Å². The number of anilines is 2. The largest absolute Gasteiger partial charge is 0.398 e. The van der Waals surface area contributed by atoms with E-state index in [0.29, 0.717) is 17.9 Å². The van der Waals surface area contributed by atoms with Crippen LogP contribution in [0.3, 0.4) is 0 Å². The predicted molar refractivity (Wildman–Crippen MR) is 76.0 cm³/mol. The van der Waals surface area contributed by atoms with E-state index < -0.39 is 4.92 Å². The molecule has 0 unspecified atom stereocenters. The van der Waals surface area contributed by atoms with Crippen LogP contribution in [0, 0.1) is 15.9 Å². The Labute approximate surface area is 115 Å². The molecule has 104 valence electrons. The van der Waals surface area contributed by atoms with Crippen molar-refractivity contribution in [2.75, 3.05) is 17.7 Å². The zero-order valence-corrected chi connectivity index (χ0v) is 10.9. The molecular formula is C14H14FN3O2. The van der Waals surface area contributed by atoms with E-state index >= 15 is 0 Å². The monoisotopic (exact) mass is 275 g/mol. The standard InChI is InChI=1S/C14H14FN3O2/c1-17(9-10-3-2-4-11(15)5-10)13-6-12(16)7-14(8-13)18(19)20/h2-8H,9,16H2,1H3. The highest BCUT2D eigenvalue weighted by Crippen LogP contribution is 2.25. The first-order valence-corrected chi connectivity index (χ1v) is 5.96. The Morgan fingerprint density at radius 2 is 2.05 bits per heavy atom. The van der Waals surface area contributed by atoms with Gasteiger partial charge < -0.3 is 10.6 Å². The second-order valence-corrected chi connectivity index (χ2v) is 4.53. The van der Waals surface area contributed by atoms with Crippen molar-refractivity contribution >= 4 is 17.1 Å². The van der Waals surface area contributed by atoms with Crippen molar-refractivity contribution in [1.29, 1.82) is 0 Å². The Hall–Kier alpha value is -2.63. The molecule has 0 bridgehead atoms. The molecule has 0 aliphatic carbocycles. The van der Waals surface area contributed by atoms with Gasteiger partial charge >= 0.3 is 0 Å². The highest BCUT2D eigenvalue weighted by Gasteiger charge is 2.11. The average Bonchev–Trinajstić information content (AvgIpc) is 2.37. The van der Waals surface area contributed by atoms with Gasteiger partial charge in [0.05, 0.1) is 4.92 Å². The van der Waals surface area contributed by atoms with Crippen LogP contribution in [0.5, 0.6) is 0 Å². The Morgan fingerprint density at radius 1 is 1.30 bits per heavy atom. The van der Waals surface area contributed by atoms with Crippen molar-refractivity contribution in [1.82, 2.24) is 0 Å². The van der Waals surface area contributed by atoms with Crippen molar-refractivity contribution in [3.63, 3.8) is 0 Å². The minimum atomic E-state index is -0.490. The first-order valence-electron chi connectivity index (χ1n) is 5.96. The van der Waals surface area contributed by atoms with Crippen molar-refractivity contribution in [2.24, 2.45) is 0 Å². The molecule has 0 saturated heterocycles. The molecule has 2 rings (SSSR count). The summed E-state index contributed by atoms with van der Waals surface area (Å²) in [7, 11) is 1.77. The van der Waals surface area contributed by atoms with Gasteiger partial charge in [-0.05, 0) is 23.8 Å². The van der Waals surface area contributed by atoms with Crippen LogP contribution in [0.1, 0.15) is 5.56 Å². The fourth-order valence-corrected chi connectivity index (χ4v) is 1.94. The lowest BCUT2D eigenvalue weighted by molar-refractivity contribution is -0.384. The lowest BCUT2D eigenvalue weighted by Gasteiger charge is -2.19. The van der Waals surface area contributed by atoms with Crippen LogP contribution in [0.15, 0.2) is 42.5 Å². The molecule has 6 heteroatoms. The highest BCUT2D eigenvalue weighted by atomic mass is 19.1. The SMILES string of the molecule is CN(Cc1cccc(F)c1)c1cc(N)cc([N+](=O)[O-])c1. The number of nitrogen functional groups attached to an aromatic ring is 1. The number of rotatable bonds is 4. The molecule has 0 heterocycles. The number of non-ortho nitro benzene ring substituents is 1. The van der Waals surface area contributed by atoms with Gasteiger partial charge in [-0.2, -0.15) is 0 Å². The summed E-state index contributed by atoms with van der Waals surface area (Å²) in [5, 5.41) is 10.8. The smallest absolute Gasteiger partial charge is 0.273 e. The topological polar surface area (TPSA) is 72.4 Å². The molecule has 0 amide bonds. The summed E-state index contributed by atoms with van der Waals surface area (Å²) in [6.07, 6.45) is 0. The quantitative estimate of drug-likeness (QED) is 0.529. The number of nitro benzene ring substituents is 1. The number of hydrogen-bond donors (Lipinski definition) is 1. The first kappa shape index (κ1) is 13.8. The Kier molecular flexibility index (Phi) is 3.84. The van der Waals surface area contributed by atoms with E-state index in [1.165, 1.54) is 24.3 Å². The van der Waals surface area contributed by atoms with Gasteiger partial charge in [-0.25, -0.2) is 4.39 Å². The lowest BCUT2D eigenvalue weighted by Crippen LogP contribution is -2.16. The molecule has 0 radical (unpaired) electrons. The maximum absolute atomic E-state index is 13.1. The van der Waals surface area contributed by atoms with Crippen molar-refractivity contribution < 1.29 is 9.31 Å². The maximum atomic E-state index is 13.1. The van der Waals surface area contributed by atoms with E-state index in [-0.39, 0.29) is 11.5 Å². The lowest BCUT2D eigenvalue weighted by atomic mass is 10.2. The molecule has 2 N–H and O–H groups in total. The fraction of sp³-hybridized carbons (Fsp3) is 0.143. The summed E-state index contributed by atoms with van der Waals surface area (Å²) >= 11 is 0. The maximum Gasteiger partial charge on any atom is 0.273 e. The van der Waals surface area contributed by atoms with E-state index in [4.69, 9.17) is 5.73 Å². The van der Waals surface area contributed by atoms with Crippen molar-refractivity contribution in [3.8, 4) is 0 Å². The number of nitrogens with two attached hydrogens (primary N) is 1. The third kappa shape index (κ3) is 3.23. The van der Waals surface area contributed by atoms with E-state index in [9.17, 15) is 14.5 Å².